The van der Waals surface area contributed by atoms with Gasteiger partial charge >= 0.3 is 0 Å². The molecule has 0 aromatic heterocycles. The third kappa shape index (κ3) is 4.14. The van der Waals surface area contributed by atoms with Gasteiger partial charge in [-0.05, 0) is 47.7 Å². The zero-order chi connectivity index (χ0) is 21.1. The van der Waals surface area contributed by atoms with Gasteiger partial charge in [-0.3, -0.25) is 19.3 Å². The van der Waals surface area contributed by atoms with Gasteiger partial charge in [-0.2, -0.15) is 5.26 Å². The van der Waals surface area contributed by atoms with Crippen molar-refractivity contribution in [2.75, 3.05) is 25.1 Å². The van der Waals surface area contributed by atoms with E-state index in [1.165, 1.54) is 0 Å². The van der Waals surface area contributed by atoms with Crippen LogP contribution in [0.2, 0.25) is 0 Å². The number of benzene rings is 2. The molecule has 2 aliphatic rings. The van der Waals surface area contributed by atoms with Gasteiger partial charge in [0.25, 0.3) is 11.1 Å². The van der Waals surface area contributed by atoms with Gasteiger partial charge in [-0.15, -0.1) is 0 Å². The van der Waals surface area contributed by atoms with Crippen LogP contribution in [0.15, 0.2) is 47.4 Å². The summed E-state index contributed by atoms with van der Waals surface area (Å²) in [6.07, 6.45) is 1.56. The minimum absolute atomic E-state index is 0.219. The number of carbonyl (C=O) groups is 3. The summed E-state index contributed by atoms with van der Waals surface area (Å²) in [6, 6.07) is 13.6. The van der Waals surface area contributed by atoms with Crippen molar-refractivity contribution in [2.45, 2.75) is 0 Å². The first-order chi connectivity index (χ1) is 14.5. The average molecular weight is 421 g/mol. The SMILES string of the molecule is N#Cc1ccc(/C=C2/SC(=O)N(CC(=O)Nc3ccc4c(c3)OCCO4)C2=O)cc1. The minimum atomic E-state index is -0.535. The second-order valence-electron chi connectivity index (χ2n) is 6.41. The molecule has 4 rings (SSSR count). The number of nitrogens with one attached hydrogen (secondary N) is 1. The first kappa shape index (κ1) is 19.5. The predicted molar refractivity (Wildman–Crippen MR) is 110 cm³/mol. The molecule has 0 atom stereocenters. The summed E-state index contributed by atoms with van der Waals surface area (Å²) < 4.78 is 10.9. The molecule has 0 aliphatic carbocycles. The molecule has 150 valence electrons. The van der Waals surface area contributed by atoms with Crippen LogP contribution < -0.4 is 14.8 Å². The Bertz CT molecular complexity index is 1100. The lowest BCUT2D eigenvalue weighted by Gasteiger charge is -2.19. The molecule has 0 spiro atoms. The van der Waals surface area contributed by atoms with Crippen LogP contribution in [0.25, 0.3) is 6.08 Å². The third-order valence-electron chi connectivity index (χ3n) is 4.34. The third-order valence-corrected chi connectivity index (χ3v) is 5.25. The number of fused-ring (bicyclic) bond motifs is 1. The standard InChI is InChI=1S/C21H15N3O5S/c22-11-14-3-1-13(2-4-14)9-18-20(26)24(21(27)30-18)12-19(25)23-15-5-6-16-17(10-15)29-8-7-28-16/h1-6,9-10H,7-8,12H2,(H,23,25)/b18-9+. The maximum atomic E-state index is 12.6. The molecule has 0 saturated carbocycles. The van der Waals surface area contributed by atoms with E-state index in [1.807, 2.05) is 6.07 Å². The topological polar surface area (TPSA) is 109 Å². The van der Waals surface area contributed by atoms with Crippen molar-refractivity contribution in [2.24, 2.45) is 0 Å². The van der Waals surface area contributed by atoms with Crippen molar-refractivity contribution in [3.63, 3.8) is 0 Å². The molecule has 0 radical (unpaired) electrons. The molecule has 30 heavy (non-hydrogen) atoms. The molecule has 8 nitrogen and oxygen atoms in total. The van der Waals surface area contributed by atoms with Crippen molar-refractivity contribution < 1.29 is 23.9 Å². The lowest BCUT2D eigenvalue weighted by Crippen LogP contribution is -2.36. The van der Waals surface area contributed by atoms with E-state index in [2.05, 4.69) is 5.32 Å². The average Bonchev–Trinajstić information content (AvgIpc) is 3.01. The van der Waals surface area contributed by atoms with Gasteiger partial charge < -0.3 is 14.8 Å². The van der Waals surface area contributed by atoms with Crippen molar-refractivity contribution >= 4 is 40.6 Å². The van der Waals surface area contributed by atoms with Gasteiger partial charge in [0.2, 0.25) is 5.91 Å². The smallest absolute Gasteiger partial charge is 0.294 e. The van der Waals surface area contributed by atoms with Gasteiger partial charge in [0, 0.05) is 11.8 Å². The van der Waals surface area contributed by atoms with E-state index < -0.39 is 23.6 Å². The molecule has 2 aliphatic heterocycles. The largest absolute Gasteiger partial charge is 0.486 e. The van der Waals surface area contributed by atoms with Crippen LogP contribution in [-0.2, 0) is 9.59 Å². The number of carbonyl (C=O) groups excluding carboxylic acids is 3. The Balaban J connectivity index is 1.42. The maximum absolute atomic E-state index is 12.6. The van der Waals surface area contributed by atoms with Crippen LogP contribution in [0.1, 0.15) is 11.1 Å². The number of hydrogen-bond acceptors (Lipinski definition) is 7. The highest BCUT2D eigenvalue weighted by molar-refractivity contribution is 8.18. The summed E-state index contributed by atoms with van der Waals surface area (Å²) in [5, 5.41) is 11.0. The summed E-state index contributed by atoms with van der Waals surface area (Å²) in [7, 11) is 0. The Morgan fingerprint density at radius 2 is 1.87 bits per heavy atom. The zero-order valence-electron chi connectivity index (χ0n) is 15.6. The molecule has 1 N–H and O–H groups in total. The molecular weight excluding hydrogens is 406 g/mol. The van der Waals surface area contributed by atoms with Gasteiger partial charge in [0.05, 0.1) is 16.5 Å². The Hall–Kier alpha value is -3.77. The Kier molecular flexibility index (Phi) is 5.41. The number of nitriles is 1. The molecule has 3 amide bonds. The Morgan fingerprint density at radius 3 is 2.60 bits per heavy atom. The number of ether oxygens (including phenoxy) is 2. The molecule has 2 heterocycles. The van der Waals surface area contributed by atoms with Gasteiger partial charge in [-0.1, -0.05) is 12.1 Å². The van der Waals surface area contributed by atoms with Gasteiger partial charge in [0.15, 0.2) is 11.5 Å². The number of thioether (sulfide) groups is 1. The normalized spacial score (nSPS) is 16.5. The molecule has 2 aromatic carbocycles. The summed E-state index contributed by atoms with van der Waals surface area (Å²) in [5.74, 6) is 0.0778. The fraction of sp³-hybridized carbons (Fsp3) is 0.143. The Morgan fingerprint density at radius 1 is 1.13 bits per heavy atom. The number of amides is 3. The quantitative estimate of drug-likeness (QED) is 0.756. The fourth-order valence-electron chi connectivity index (χ4n) is 2.91. The summed E-state index contributed by atoms with van der Waals surface area (Å²) in [5.41, 5.74) is 1.65. The van der Waals surface area contributed by atoms with Crippen molar-refractivity contribution in [3.8, 4) is 17.6 Å². The molecule has 0 bridgehead atoms. The first-order valence-electron chi connectivity index (χ1n) is 8.98. The summed E-state index contributed by atoms with van der Waals surface area (Å²) in [4.78, 5) is 38.3. The molecule has 2 aromatic rings. The first-order valence-corrected chi connectivity index (χ1v) is 9.80. The second kappa shape index (κ2) is 8.31. The molecule has 9 heteroatoms. The Labute approximate surface area is 176 Å². The van der Waals surface area contributed by atoms with Crippen LogP contribution in [0, 0.1) is 11.3 Å². The highest BCUT2D eigenvalue weighted by atomic mass is 32.2. The highest BCUT2D eigenvalue weighted by Gasteiger charge is 2.36. The lowest BCUT2D eigenvalue weighted by atomic mass is 10.1. The lowest BCUT2D eigenvalue weighted by molar-refractivity contribution is -0.127. The summed E-state index contributed by atoms with van der Waals surface area (Å²) >= 11 is 0.770. The van der Waals surface area contributed by atoms with E-state index in [-0.39, 0.29) is 4.91 Å². The number of anilines is 1. The molecule has 1 fully saturated rings. The van der Waals surface area contributed by atoms with Crippen LogP contribution in [0.5, 0.6) is 11.5 Å². The maximum Gasteiger partial charge on any atom is 0.294 e. The van der Waals surface area contributed by atoms with Gasteiger partial charge in [0.1, 0.15) is 19.8 Å². The zero-order valence-corrected chi connectivity index (χ0v) is 16.4. The molecule has 1 saturated heterocycles. The van der Waals surface area contributed by atoms with E-state index in [1.54, 1.807) is 48.5 Å². The predicted octanol–water partition coefficient (Wildman–Crippen LogP) is 3.00. The van der Waals surface area contributed by atoms with E-state index >= 15 is 0 Å². The second-order valence-corrected chi connectivity index (χ2v) is 7.40. The van der Waals surface area contributed by atoms with Crippen LogP contribution in [0.3, 0.4) is 0 Å². The van der Waals surface area contributed by atoms with E-state index in [0.717, 1.165) is 16.7 Å². The highest BCUT2D eigenvalue weighted by Crippen LogP contribution is 2.34. The minimum Gasteiger partial charge on any atom is -0.486 e. The molecule has 0 unspecified atom stereocenters. The number of nitrogens with zero attached hydrogens (tertiary/aromatic N) is 2. The number of hydrogen-bond donors (Lipinski definition) is 1. The fourth-order valence-corrected chi connectivity index (χ4v) is 3.75. The van der Waals surface area contributed by atoms with Crippen molar-refractivity contribution in [1.29, 1.82) is 5.26 Å². The number of imide groups is 1. The van der Waals surface area contributed by atoms with Crippen LogP contribution in [-0.4, -0.2) is 41.7 Å². The monoisotopic (exact) mass is 421 g/mol. The van der Waals surface area contributed by atoms with E-state index in [9.17, 15) is 14.4 Å². The van der Waals surface area contributed by atoms with Crippen LogP contribution >= 0.6 is 11.8 Å². The van der Waals surface area contributed by atoms with E-state index in [0.29, 0.717) is 41.5 Å². The van der Waals surface area contributed by atoms with Crippen molar-refractivity contribution in [1.82, 2.24) is 4.90 Å². The molecular formula is C21H15N3O5S. The van der Waals surface area contributed by atoms with Crippen LogP contribution in [0.4, 0.5) is 10.5 Å². The van der Waals surface area contributed by atoms with Gasteiger partial charge in [-0.25, -0.2) is 0 Å². The number of rotatable bonds is 4. The van der Waals surface area contributed by atoms with E-state index in [4.69, 9.17) is 14.7 Å². The summed E-state index contributed by atoms with van der Waals surface area (Å²) in [6.45, 7) is 0.491. The van der Waals surface area contributed by atoms with Crippen molar-refractivity contribution in [3.05, 3.63) is 58.5 Å².